The Labute approximate surface area is 87.6 Å². The van der Waals surface area contributed by atoms with E-state index in [9.17, 15) is 0 Å². The number of anilines is 1. The van der Waals surface area contributed by atoms with Gasteiger partial charge in [0, 0.05) is 6.20 Å². The molecule has 78 valence electrons. The van der Waals surface area contributed by atoms with E-state index in [-0.39, 0.29) is 0 Å². The van der Waals surface area contributed by atoms with Crippen LogP contribution < -0.4 is 5.32 Å². The molecule has 0 bridgehead atoms. The molecule has 0 unspecified atom stereocenters. The highest BCUT2D eigenvalue weighted by Gasteiger charge is 2.00. The first-order chi connectivity index (χ1) is 7.24. The van der Waals surface area contributed by atoms with E-state index in [0.29, 0.717) is 12.4 Å². The van der Waals surface area contributed by atoms with Gasteiger partial charge in [-0.1, -0.05) is 0 Å². The topological polar surface area (TPSA) is 63.8 Å². The Hall–Kier alpha value is -1.91. The van der Waals surface area contributed by atoms with Crippen molar-refractivity contribution in [2.24, 2.45) is 0 Å². The zero-order valence-corrected chi connectivity index (χ0v) is 8.69. The number of oxazole rings is 1. The van der Waals surface area contributed by atoms with Gasteiger partial charge in [0.25, 0.3) is 0 Å². The third-order valence-electron chi connectivity index (χ3n) is 1.87. The molecule has 0 amide bonds. The molecule has 0 radical (unpaired) electrons. The minimum Gasteiger partial charge on any atom is -0.444 e. The van der Waals surface area contributed by atoms with Crippen LogP contribution >= 0.6 is 0 Å². The molecule has 2 heterocycles. The molecule has 0 saturated carbocycles. The van der Waals surface area contributed by atoms with Gasteiger partial charge in [0.2, 0.25) is 5.89 Å². The molecule has 0 aliphatic carbocycles. The van der Waals surface area contributed by atoms with E-state index in [4.69, 9.17) is 4.42 Å². The molecule has 2 aromatic rings. The van der Waals surface area contributed by atoms with Gasteiger partial charge in [0.05, 0.1) is 12.7 Å². The van der Waals surface area contributed by atoms with Crippen LogP contribution in [0.1, 0.15) is 17.5 Å². The standard InChI is InChI=1S/C10H12N4O/c1-7-5-13-10(15-7)6-12-9-3-4-11-8(2)14-9/h3-5H,6H2,1-2H3,(H,11,12,14). The zero-order valence-electron chi connectivity index (χ0n) is 8.69. The Morgan fingerprint density at radius 3 is 2.87 bits per heavy atom. The third kappa shape index (κ3) is 2.52. The molecule has 5 heteroatoms. The second-order valence-corrected chi connectivity index (χ2v) is 3.21. The normalized spacial score (nSPS) is 10.3. The van der Waals surface area contributed by atoms with E-state index in [1.165, 1.54) is 0 Å². The van der Waals surface area contributed by atoms with Crippen molar-refractivity contribution >= 4 is 5.82 Å². The number of aromatic nitrogens is 3. The number of aryl methyl sites for hydroxylation is 2. The predicted octanol–water partition coefficient (Wildman–Crippen LogP) is 1.69. The van der Waals surface area contributed by atoms with Crippen LogP contribution in [0.3, 0.4) is 0 Å². The number of hydrogen-bond acceptors (Lipinski definition) is 5. The maximum atomic E-state index is 5.32. The molecule has 15 heavy (non-hydrogen) atoms. The lowest BCUT2D eigenvalue weighted by molar-refractivity contribution is 0.479. The first-order valence-corrected chi connectivity index (χ1v) is 4.69. The van der Waals surface area contributed by atoms with E-state index >= 15 is 0 Å². The first kappa shape index (κ1) is 9.64. The van der Waals surface area contributed by atoms with Crippen molar-refractivity contribution < 1.29 is 4.42 Å². The first-order valence-electron chi connectivity index (χ1n) is 4.69. The van der Waals surface area contributed by atoms with Crippen molar-refractivity contribution in [1.29, 1.82) is 0 Å². The maximum Gasteiger partial charge on any atom is 0.213 e. The van der Waals surface area contributed by atoms with Crippen LogP contribution in [0.15, 0.2) is 22.9 Å². The van der Waals surface area contributed by atoms with E-state index in [1.807, 2.05) is 19.9 Å². The van der Waals surface area contributed by atoms with E-state index < -0.39 is 0 Å². The van der Waals surface area contributed by atoms with Gasteiger partial charge in [-0.15, -0.1) is 0 Å². The highest BCUT2D eigenvalue weighted by Crippen LogP contribution is 2.06. The average Bonchev–Trinajstić information content (AvgIpc) is 2.62. The summed E-state index contributed by atoms with van der Waals surface area (Å²) in [5.74, 6) is 2.98. The van der Waals surface area contributed by atoms with Crippen molar-refractivity contribution in [3.05, 3.63) is 35.9 Å². The summed E-state index contributed by atoms with van der Waals surface area (Å²) >= 11 is 0. The molecule has 5 nitrogen and oxygen atoms in total. The fourth-order valence-electron chi connectivity index (χ4n) is 1.20. The van der Waals surface area contributed by atoms with Gasteiger partial charge in [0.15, 0.2) is 0 Å². The lowest BCUT2D eigenvalue weighted by atomic mass is 10.5. The average molecular weight is 204 g/mol. The van der Waals surface area contributed by atoms with E-state index in [1.54, 1.807) is 12.4 Å². The second-order valence-electron chi connectivity index (χ2n) is 3.21. The molecule has 1 N–H and O–H groups in total. The van der Waals surface area contributed by atoms with Gasteiger partial charge in [-0.2, -0.15) is 0 Å². The largest absolute Gasteiger partial charge is 0.444 e. The maximum absolute atomic E-state index is 5.32. The Balaban J connectivity index is 1.99. The van der Waals surface area contributed by atoms with Crippen LogP contribution in [-0.4, -0.2) is 15.0 Å². The molecule has 0 atom stereocenters. The minimum absolute atomic E-state index is 0.532. The number of nitrogens with one attached hydrogen (secondary N) is 1. The van der Waals surface area contributed by atoms with Gasteiger partial charge in [0.1, 0.15) is 17.4 Å². The molecule has 2 aromatic heterocycles. The van der Waals surface area contributed by atoms with Gasteiger partial charge in [-0.05, 0) is 19.9 Å². The Morgan fingerprint density at radius 2 is 2.20 bits per heavy atom. The van der Waals surface area contributed by atoms with Crippen LogP contribution in [0, 0.1) is 13.8 Å². The van der Waals surface area contributed by atoms with E-state index in [0.717, 1.165) is 17.4 Å². The molecular weight excluding hydrogens is 192 g/mol. The van der Waals surface area contributed by atoms with Crippen molar-refractivity contribution in [3.8, 4) is 0 Å². The van der Waals surface area contributed by atoms with Crippen molar-refractivity contribution in [2.45, 2.75) is 20.4 Å². The highest BCUT2D eigenvalue weighted by atomic mass is 16.4. The van der Waals surface area contributed by atoms with Crippen LogP contribution in [-0.2, 0) is 6.54 Å². The smallest absolute Gasteiger partial charge is 0.213 e. The van der Waals surface area contributed by atoms with Crippen molar-refractivity contribution in [3.63, 3.8) is 0 Å². The van der Waals surface area contributed by atoms with Gasteiger partial charge >= 0.3 is 0 Å². The molecule has 0 spiro atoms. The fourth-order valence-corrected chi connectivity index (χ4v) is 1.20. The Morgan fingerprint density at radius 1 is 1.33 bits per heavy atom. The summed E-state index contributed by atoms with van der Waals surface area (Å²) in [6.07, 6.45) is 3.41. The van der Waals surface area contributed by atoms with Gasteiger partial charge < -0.3 is 9.73 Å². The Bertz CT molecular complexity index is 452. The van der Waals surface area contributed by atoms with Crippen LogP contribution in [0.2, 0.25) is 0 Å². The summed E-state index contributed by atoms with van der Waals surface area (Å²) in [4.78, 5) is 12.3. The third-order valence-corrected chi connectivity index (χ3v) is 1.87. The number of rotatable bonds is 3. The Kier molecular flexibility index (Phi) is 2.62. The number of hydrogen-bond donors (Lipinski definition) is 1. The highest BCUT2D eigenvalue weighted by molar-refractivity contribution is 5.32. The lowest BCUT2D eigenvalue weighted by Gasteiger charge is -2.02. The van der Waals surface area contributed by atoms with Crippen molar-refractivity contribution in [1.82, 2.24) is 15.0 Å². The summed E-state index contributed by atoms with van der Waals surface area (Å²) in [5.41, 5.74) is 0. The summed E-state index contributed by atoms with van der Waals surface area (Å²) in [5, 5.41) is 3.11. The quantitative estimate of drug-likeness (QED) is 0.824. The molecule has 0 saturated heterocycles. The minimum atomic E-state index is 0.532. The molecule has 0 aliphatic heterocycles. The summed E-state index contributed by atoms with van der Waals surface area (Å²) in [7, 11) is 0. The molecule has 0 aliphatic rings. The zero-order chi connectivity index (χ0) is 10.7. The summed E-state index contributed by atoms with van der Waals surface area (Å²) in [6, 6.07) is 1.81. The van der Waals surface area contributed by atoms with Crippen LogP contribution in [0.4, 0.5) is 5.82 Å². The predicted molar refractivity (Wildman–Crippen MR) is 55.3 cm³/mol. The number of nitrogens with zero attached hydrogens (tertiary/aromatic N) is 3. The second kappa shape index (κ2) is 4.08. The van der Waals surface area contributed by atoms with Gasteiger partial charge in [-0.3, -0.25) is 0 Å². The molecule has 0 fully saturated rings. The summed E-state index contributed by atoms with van der Waals surface area (Å²) in [6.45, 7) is 4.25. The van der Waals surface area contributed by atoms with Crippen LogP contribution in [0.25, 0.3) is 0 Å². The van der Waals surface area contributed by atoms with Gasteiger partial charge in [-0.25, -0.2) is 15.0 Å². The van der Waals surface area contributed by atoms with Crippen LogP contribution in [0.5, 0.6) is 0 Å². The SMILES string of the molecule is Cc1nccc(NCc2ncc(C)o2)n1. The monoisotopic (exact) mass is 204 g/mol. The molecular formula is C10H12N4O. The molecule has 0 aromatic carbocycles. The van der Waals surface area contributed by atoms with Crippen molar-refractivity contribution in [2.75, 3.05) is 5.32 Å². The van der Waals surface area contributed by atoms with E-state index in [2.05, 4.69) is 20.3 Å². The summed E-state index contributed by atoms with van der Waals surface area (Å²) < 4.78 is 5.32. The lowest BCUT2D eigenvalue weighted by Crippen LogP contribution is -2.02. The fraction of sp³-hybridized carbons (Fsp3) is 0.300. The molecule has 2 rings (SSSR count).